The lowest BCUT2D eigenvalue weighted by molar-refractivity contribution is 0.0950. The van der Waals surface area contributed by atoms with Gasteiger partial charge in [0, 0.05) is 12.4 Å². The van der Waals surface area contributed by atoms with Crippen molar-refractivity contribution in [1.29, 1.82) is 0 Å². The van der Waals surface area contributed by atoms with Gasteiger partial charge < -0.3 is 10.4 Å². The van der Waals surface area contributed by atoms with Crippen LogP contribution in [0.4, 0.5) is 0 Å². The van der Waals surface area contributed by atoms with Crippen LogP contribution >= 0.6 is 11.6 Å². The summed E-state index contributed by atoms with van der Waals surface area (Å²) in [6.07, 6.45) is 2.88. The van der Waals surface area contributed by atoms with Gasteiger partial charge in [-0.25, -0.2) is 0 Å². The summed E-state index contributed by atoms with van der Waals surface area (Å²) >= 11 is 5.55. The Morgan fingerprint density at radius 3 is 2.76 bits per heavy atom. The van der Waals surface area contributed by atoms with Gasteiger partial charge in [-0.05, 0) is 37.5 Å². The van der Waals surface area contributed by atoms with E-state index >= 15 is 0 Å². The number of halogens is 1. The van der Waals surface area contributed by atoms with Gasteiger partial charge in [0.25, 0.3) is 5.91 Å². The number of amides is 1. The molecule has 0 radical (unpaired) electrons. The van der Waals surface area contributed by atoms with E-state index in [4.69, 9.17) is 11.6 Å². The molecule has 1 aromatic carbocycles. The van der Waals surface area contributed by atoms with Crippen LogP contribution in [0.5, 0.6) is 5.75 Å². The molecule has 1 amide bonds. The average molecular weight is 256 g/mol. The molecule has 0 atom stereocenters. The number of benzene rings is 1. The number of alkyl halides is 1. The van der Waals surface area contributed by atoms with Crippen LogP contribution in [0.15, 0.2) is 18.2 Å². The molecule has 0 heterocycles. The van der Waals surface area contributed by atoms with E-state index in [1.165, 1.54) is 0 Å². The molecule has 2 N–H and O–H groups in total. The highest BCUT2D eigenvalue weighted by atomic mass is 35.5. The van der Waals surface area contributed by atoms with E-state index in [0.29, 0.717) is 18.0 Å². The van der Waals surface area contributed by atoms with Crippen molar-refractivity contribution in [3.63, 3.8) is 0 Å². The number of aryl methyl sites for hydroxylation is 1. The van der Waals surface area contributed by atoms with Crippen molar-refractivity contribution in [3.8, 4) is 5.75 Å². The van der Waals surface area contributed by atoms with E-state index in [1.54, 1.807) is 12.1 Å². The molecule has 0 aliphatic rings. The van der Waals surface area contributed by atoms with Gasteiger partial charge in [-0.1, -0.05) is 12.5 Å². The average Bonchev–Trinajstić information content (AvgIpc) is 2.28. The van der Waals surface area contributed by atoms with Crippen LogP contribution < -0.4 is 5.32 Å². The van der Waals surface area contributed by atoms with E-state index in [2.05, 4.69) is 5.32 Å². The number of hydrogen-bond acceptors (Lipinski definition) is 2. The van der Waals surface area contributed by atoms with Crippen molar-refractivity contribution in [2.75, 3.05) is 12.4 Å². The van der Waals surface area contributed by atoms with Crippen molar-refractivity contribution in [2.24, 2.45) is 0 Å². The molecular weight excluding hydrogens is 238 g/mol. The molecule has 1 aromatic rings. The quantitative estimate of drug-likeness (QED) is 0.607. The number of unbranched alkanes of at least 4 members (excludes halogenated alkanes) is 2. The summed E-state index contributed by atoms with van der Waals surface area (Å²) in [6, 6.07) is 5.03. The minimum Gasteiger partial charge on any atom is -0.507 e. The number of phenolic OH excluding ortho intramolecular Hbond substituents is 1. The molecule has 0 aromatic heterocycles. The van der Waals surface area contributed by atoms with E-state index < -0.39 is 0 Å². The Balaban J connectivity index is 2.42. The molecule has 3 nitrogen and oxygen atoms in total. The van der Waals surface area contributed by atoms with Gasteiger partial charge in [-0.15, -0.1) is 11.6 Å². The molecule has 0 saturated carbocycles. The van der Waals surface area contributed by atoms with E-state index in [1.807, 2.05) is 13.0 Å². The van der Waals surface area contributed by atoms with Crippen LogP contribution in [-0.2, 0) is 0 Å². The summed E-state index contributed by atoms with van der Waals surface area (Å²) in [7, 11) is 0. The highest BCUT2D eigenvalue weighted by molar-refractivity contribution is 6.17. The summed E-state index contributed by atoms with van der Waals surface area (Å²) in [4.78, 5) is 11.7. The highest BCUT2D eigenvalue weighted by Gasteiger charge is 2.09. The molecule has 0 fully saturated rings. The molecule has 4 heteroatoms. The van der Waals surface area contributed by atoms with Crippen LogP contribution in [-0.4, -0.2) is 23.4 Å². The number of hydrogen-bond donors (Lipinski definition) is 2. The van der Waals surface area contributed by atoms with Crippen molar-refractivity contribution in [3.05, 3.63) is 29.3 Å². The van der Waals surface area contributed by atoms with E-state index in [9.17, 15) is 9.90 Å². The second-order valence-corrected chi connectivity index (χ2v) is 4.40. The van der Waals surface area contributed by atoms with Gasteiger partial charge in [0.15, 0.2) is 0 Å². The maximum atomic E-state index is 11.7. The monoisotopic (exact) mass is 255 g/mol. The minimum absolute atomic E-state index is 0.0308. The zero-order valence-electron chi connectivity index (χ0n) is 10.0. The number of carbonyl (C=O) groups is 1. The van der Waals surface area contributed by atoms with Crippen molar-refractivity contribution in [2.45, 2.75) is 26.2 Å². The van der Waals surface area contributed by atoms with Crippen LogP contribution in [0.3, 0.4) is 0 Å². The summed E-state index contributed by atoms with van der Waals surface area (Å²) in [6.45, 7) is 2.48. The third-order valence-electron chi connectivity index (χ3n) is 2.49. The number of phenols is 1. The van der Waals surface area contributed by atoms with Crippen molar-refractivity contribution in [1.82, 2.24) is 5.32 Å². The van der Waals surface area contributed by atoms with Crippen molar-refractivity contribution < 1.29 is 9.90 Å². The summed E-state index contributed by atoms with van der Waals surface area (Å²) in [5.74, 6) is 0.462. The molecule has 0 saturated heterocycles. The molecule has 17 heavy (non-hydrogen) atoms. The molecule has 1 rings (SSSR count). The third-order valence-corrected chi connectivity index (χ3v) is 2.76. The smallest absolute Gasteiger partial charge is 0.255 e. The lowest BCUT2D eigenvalue weighted by Gasteiger charge is -2.07. The van der Waals surface area contributed by atoms with Gasteiger partial charge in [-0.2, -0.15) is 0 Å². The summed E-state index contributed by atoms with van der Waals surface area (Å²) in [5, 5.41) is 12.4. The Labute approximate surface area is 107 Å². The number of rotatable bonds is 6. The topological polar surface area (TPSA) is 49.3 Å². The highest BCUT2D eigenvalue weighted by Crippen LogP contribution is 2.18. The van der Waals surface area contributed by atoms with Gasteiger partial charge in [0.2, 0.25) is 0 Å². The Morgan fingerprint density at radius 2 is 2.12 bits per heavy atom. The molecule has 0 unspecified atom stereocenters. The largest absolute Gasteiger partial charge is 0.507 e. The summed E-state index contributed by atoms with van der Waals surface area (Å²) in [5.41, 5.74) is 1.26. The Hall–Kier alpha value is -1.22. The predicted molar refractivity (Wildman–Crippen MR) is 69.7 cm³/mol. The van der Waals surface area contributed by atoms with Gasteiger partial charge in [0.05, 0.1) is 5.56 Å². The van der Waals surface area contributed by atoms with Crippen LogP contribution in [0.2, 0.25) is 0 Å². The zero-order valence-corrected chi connectivity index (χ0v) is 10.8. The first-order chi connectivity index (χ1) is 8.15. The fourth-order valence-electron chi connectivity index (χ4n) is 1.53. The molecule has 0 aliphatic carbocycles. The fourth-order valence-corrected chi connectivity index (χ4v) is 1.72. The molecule has 94 valence electrons. The third kappa shape index (κ3) is 4.65. The molecule has 0 spiro atoms. The minimum atomic E-state index is -0.228. The second-order valence-electron chi connectivity index (χ2n) is 4.03. The van der Waals surface area contributed by atoms with Gasteiger partial charge >= 0.3 is 0 Å². The second kappa shape index (κ2) is 7.17. The van der Waals surface area contributed by atoms with Gasteiger partial charge in [0.1, 0.15) is 5.75 Å². The van der Waals surface area contributed by atoms with Crippen LogP contribution in [0, 0.1) is 6.92 Å². The first-order valence-corrected chi connectivity index (χ1v) is 6.32. The van der Waals surface area contributed by atoms with Crippen LogP contribution in [0.1, 0.15) is 35.2 Å². The molecular formula is C13H18ClNO2. The first-order valence-electron chi connectivity index (χ1n) is 5.79. The standard InChI is InChI=1S/C13H18ClNO2/c1-10-5-6-11(12(16)9-10)13(17)15-8-4-2-3-7-14/h5-6,9,16H,2-4,7-8H2,1H3,(H,15,17). The Kier molecular flexibility index (Phi) is 5.84. The number of nitrogens with one attached hydrogen (secondary N) is 1. The number of aromatic hydroxyl groups is 1. The van der Waals surface area contributed by atoms with Crippen LogP contribution in [0.25, 0.3) is 0 Å². The number of carbonyl (C=O) groups excluding carboxylic acids is 1. The lowest BCUT2D eigenvalue weighted by atomic mass is 10.1. The molecule has 0 bridgehead atoms. The molecule has 0 aliphatic heterocycles. The summed E-state index contributed by atoms with van der Waals surface area (Å²) < 4.78 is 0. The first kappa shape index (κ1) is 13.8. The Bertz CT molecular complexity index is 380. The fraction of sp³-hybridized carbons (Fsp3) is 0.462. The van der Waals surface area contributed by atoms with Crippen molar-refractivity contribution >= 4 is 17.5 Å². The predicted octanol–water partition coefficient (Wildman–Crippen LogP) is 2.84. The normalized spacial score (nSPS) is 10.2. The van der Waals surface area contributed by atoms with Gasteiger partial charge in [-0.3, -0.25) is 4.79 Å². The lowest BCUT2D eigenvalue weighted by Crippen LogP contribution is -2.24. The zero-order chi connectivity index (χ0) is 12.7. The maximum absolute atomic E-state index is 11.7. The SMILES string of the molecule is Cc1ccc(C(=O)NCCCCCCl)c(O)c1. The van der Waals surface area contributed by atoms with E-state index in [-0.39, 0.29) is 11.7 Å². The van der Waals surface area contributed by atoms with E-state index in [0.717, 1.165) is 24.8 Å². The maximum Gasteiger partial charge on any atom is 0.255 e. The Morgan fingerprint density at radius 1 is 1.35 bits per heavy atom.